The third kappa shape index (κ3) is 8.41. The molecule has 46 heavy (non-hydrogen) atoms. The van der Waals surface area contributed by atoms with Crippen LogP contribution < -0.4 is 20.1 Å². The molecule has 0 saturated carbocycles. The Hall–Kier alpha value is -4.02. The van der Waals surface area contributed by atoms with Crippen molar-refractivity contribution >= 4 is 17.5 Å². The minimum absolute atomic E-state index is 0.120. The largest absolute Gasteiger partial charge is 0.488 e. The standard InChI is InChI=1S/C36H39ClF2N2O5/c1-5-40-35(44)31-11-7-10-30(23(31)3)29-9-6-8-25(22(29)2)19-46-34-16-33(45-18-24-12-27(38)15-28(39)13-24)26(14-32(34)37)17-41-36(4,20-42)21-43/h6-16,41-43H,5,17-21H2,1-4H3,(H,40,44). The van der Waals surface area contributed by atoms with E-state index in [4.69, 9.17) is 21.1 Å². The zero-order valence-electron chi connectivity index (χ0n) is 26.3. The van der Waals surface area contributed by atoms with Crippen molar-refractivity contribution in [1.82, 2.24) is 10.6 Å². The van der Waals surface area contributed by atoms with Crippen LogP contribution in [0.25, 0.3) is 11.1 Å². The van der Waals surface area contributed by atoms with Gasteiger partial charge in [0, 0.05) is 36.3 Å². The molecule has 0 aliphatic rings. The predicted octanol–water partition coefficient (Wildman–Crippen LogP) is 6.64. The van der Waals surface area contributed by atoms with Crippen LogP contribution >= 0.6 is 11.6 Å². The molecule has 0 aliphatic heterocycles. The van der Waals surface area contributed by atoms with Gasteiger partial charge in [-0.2, -0.15) is 0 Å². The normalized spacial score (nSPS) is 11.4. The molecule has 0 spiro atoms. The van der Waals surface area contributed by atoms with Gasteiger partial charge in [-0.3, -0.25) is 4.79 Å². The van der Waals surface area contributed by atoms with Crippen molar-refractivity contribution < 1.29 is 33.3 Å². The number of amides is 1. The molecular formula is C36H39ClF2N2O5. The number of rotatable bonds is 14. The molecule has 0 heterocycles. The maximum Gasteiger partial charge on any atom is 0.251 e. The van der Waals surface area contributed by atoms with E-state index in [2.05, 4.69) is 10.6 Å². The molecule has 10 heteroatoms. The summed E-state index contributed by atoms with van der Waals surface area (Å²) in [6, 6.07) is 18.0. The Kier molecular flexibility index (Phi) is 11.8. The molecule has 1 amide bonds. The van der Waals surface area contributed by atoms with Crippen LogP contribution in [0.15, 0.2) is 66.7 Å². The van der Waals surface area contributed by atoms with Gasteiger partial charge in [-0.15, -0.1) is 0 Å². The molecule has 7 nitrogen and oxygen atoms in total. The van der Waals surface area contributed by atoms with Gasteiger partial charge in [0.15, 0.2) is 0 Å². The third-order valence-corrected chi connectivity index (χ3v) is 8.17. The Morgan fingerprint density at radius 3 is 2.13 bits per heavy atom. The van der Waals surface area contributed by atoms with Crippen LogP contribution in [-0.2, 0) is 19.8 Å². The van der Waals surface area contributed by atoms with Gasteiger partial charge in [0.05, 0.1) is 23.8 Å². The van der Waals surface area contributed by atoms with E-state index in [1.54, 1.807) is 19.1 Å². The van der Waals surface area contributed by atoms with E-state index in [1.165, 1.54) is 12.1 Å². The van der Waals surface area contributed by atoms with Gasteiger partial charge in [-0.1, -0.05) is 41.9 Å². The van der Waals surface area contributed by atoms with Gasteiger partial charge in [0.2, 0.25) is 0 Å². The average Bonchev–Trinajstić information content (AvgIpc) is 3.03. The van der Waals surface area contributed by atoms with Gasteiger partial charge in [-0.05, 0) is 85.3 Å². The van der Waals surface area contributed by atoms with Crippen LogP contribution in [0.1, 0.15) is 52.0 Å². The van der Waals surface area contributed by atoms with Crippen molar-refractivity contribution in [1.29, 1.82) is 0 Å². The topological polar surface area (TPSA) is 100 Å². The average molecular weight is 653 g/mol. The molecule has 0 aliphatic carbocycles. The second-order valence-corrected chi connectivity index (χ2v) is 11.8. The summed E-state index contributed by atoms with van der Waals surface area (Å²) < 4.78 is 39.8. The summed E-state index contributed by atoms with van der Waals surface area (Å²) in [6.07, 6.45) is 0. The number of hydrogen-bond donors (Lipinski definition) is 4. The van der Waals surface area contributed by atoms with E-state index in [-0.39, 0.29) is 38.9 Å². The lowest BCUT2D eigenvalue weighted by atomic mass is 9.91. The quantitative estimate of drug-likeness (QED) is 0.122. The Bertz CT molecular complexity index is 1670. The number of carbonyl (C=O) groups excluding carboxylic acids is 1. The fourth-order valence-electron chi connectivity index (χ4n) is 5.00. The SMILES string of the molecule is CCNC(=O)c1cccc(-c2cccc(COc3cc(OCc4cc(F)cc(F)c4)c(CNC(C)(CO)CO)cc3Cl)c2C)c1C. The van der Waals surface area contributed by atoms with Gasteiger partial charge in [0.25, 0.3) is 5.91 Å². The predicted molar refractivity (Wildman–Crippen MR) is 175 cm³/mol. The van der Waals surface area contributed by atoms with Crippen LogP contribution in [-0.4, -0.2) is 41.4 Å². The number of aliphatic hydroxyl groups is 2. The minimum atomic E-state index is -0.967. The van der Waals surface area contributed by atoms with E-state index < -0.39 is 17.2 Å². The number of nitrogens with one attached hydrogen (secondary N) is 2. The number of halogens is 3. The van der Waals surface area contributed by atoms with Crippen LogP contribution in [0, 0.1) is 25.5 Å². The molecule has 4 aromatic rings. The van der Waals surface area contributed by atoms with Crippen molar-refractivity contribution in [3.05, 3.63) is 117 Å². The molecule has 0 unspecified atom stereocenters. The molecule has 0 bridgehead atoms. The number of aliphatic hydroxyl groups excluding tert-OH is 2. The highest BCUT2D eigenvalue weighted by atomic mass is 35.5. The monoisotopic (exact) mass is 652 g/mol. The summed E-state index contributed by atoms with van der Waals surface area (Å²) in [5.41, 5.74) is 5.21. The second-order valence-electron chi connectivity index (χ2n) is 11.4. The summed E-state index contributed by atoms with van der Waals surface area (Å²) >= 11 is 6.66. The molecule has 0 saturated heterocycles. The number of hydrogen-bond acceptors (Lipinski definition) is 6. The van der Waals surface area contributed by atoms with E-state index >= 15 is 0 Å². The highest BCUT2D eigenvalue weighted by Gasteiger charge is 2.23. The Balaban J connectivity index is 1.61. The summed E-state index contributed by atoms with van der Waals surface area (Å²) in [7, 11) is 0. The Morgan fingerprint density at radius 2 is 1.48 bits per heavy atom. The van der Waals surface area contributed by atoms with Crippen LogP contribution in [0.4, 0.5) is 8.78 Å². The molecule has 4 aromatic carbocycles. The van der Waals surface area contributed by atoms with Gasteiger partial charge >= 0.3 is 0 Å². The molecule has 4 N–H and O–H groups in total. The highest BCUT2D eigenvalue weighted by molar-refractivity contribution is 6.32. The molecule has 0 fully saturated rings. The molecule has 4 rings (SSSR count). The maximum absolute atomic E-state index is 13.8. The molecule has 0 radical (unpaired) electrons. The van der Waals surface area contributed by atoms with Gasteiger partial charge in [-0.25, -0.2) is 8.78 Å². The minimum Gasteiger partial charge on any atom is -0.488 e. The van der Waals surface area contributed by atoms with E-state index in [0.29, 0.717) is 39.8 Å². The molecular weight excluding hydrogens is 614 g/mol. The highest BCUT2D eigenvalue weighted by Crippen LogP contribution is 2.36. The van der Waals surface area contributed by atoms with E-state index in [1.807, 2.05) is 57.2 Å². The Morgan fingerprint density at radius 1 is 0.848 bits per heavy atom. The first-order chi connectivity index (χ1) is 22.0. The smallest absolute Gasteiger partial charge is 0.251 e. The van der Waals surface area contributed by atoms with Crippen LogP contribution in [0.2, 0.25) is 5.02 Å². The number of benzene rings is 4. The molecule has 244 valence electrons. The van der Waals surface area contributed by atoms with Crippen molar-refractivity contribution in [2.75, 3.05) is 19.8 Å². The van der Waals surface area contributed by atoms with Crippen molar-refractivity contribution in [3.8, 4) is 22.6 Å². The lowest BCUT2D eigenvalue weighted by molar-refractivity contribution is 0.0955. The number of ether oxygens (including phenoxy) is 2. The van der Waals surface area contributed by atoms with E-state index in [9.17, 15) is 23.8 Å². The van der Waals surface area contributed by atoms with Crippen LogP contribution in [0.3, 0.4) is 0 Å². The number of carbonyl (C=O) groups is 1. The van der Waals surface area contributed by atoms with Crippen LogP contribution in [0.5, 0.6) is 11.5 Å². The first-order valence-electron chi connectivity index (χ1n) is 14.9. The first-order valence-corrected chi connectivity index (χ1v) is 15.3. The zero-order chi connectivity index (χ0) is 33.4. The summed E-state index contributed by atoms with van der Waals surface area (Å²) in [5, 5.41) is 25.7. The summed E-state index contributed by atoms with van der Waals surface area (Å²) in [5.74, 6) is -0.877. The van der Waals surface area contributed by atoms with Crippen molar-refractivity contribution in [2.45, 2.75) is 53.0 Å². The summed E-state index contributed by atoms with van der Waals surface area (Å²) in [6.45, 7) is 7.59. The third-order valence-electron chi connectivity index (χ3n) is 7.87. The lowest BCUT2D eigenvalue weighted by Gasteiger charge is -2.27. The van der Waals surface area contributed by atoms with Crippen molar-refractivity contribution in [3.63, 3.8) is 0 Å². The van der Waals surface area contributed by atoms with Crippen molar-refractivity contribution in [2.24, 2.45) is 0 Å². The Labute approximate surface area is 273 Å². The first kappa shape index (κ1) is 34.8. The lowest BCUT2D eigenvalue weighted by Crippen LogP contribution is -2.48. The van der Waals surface area contributed by atoms with E-state index in [0.717, 1.165) is 33.9 Å². The maximum atomic E-state index is 13.8. The second kappa shape index (κ2) is 15.5. The molecule has 0 aromatic heterocycles. The van der Waals surface area contributed by atoms with Gasteiger partial charge in [0.1, 0.15) is 36.3 Å². The molecule has 0 atom stereocenters. The fourth-order valence-corrected chi connectivity index (χ4v) is 5.24. The van der Waals surface area contributed by atoms with Gasteiger partial charge < -0.3 is 30.3 Å². The fraction of sp³-hybridized carbons (Fsp3) is 0.306. The summed E-state index contributed by atoms with van der Waals surface area (Å²) in [4.78, 5) is 12.6. The zero-order valence-corrected chi connectivity index (χ0v) is 27.1.